The van der Waals surface area contributed by atoms with Gasteiger partial charge >= 0.3 is 0 Å². The number of hydrogen-bond acceptors (Lipinski definition) is 4. The van der Waals surface area contributed by atoms with Gasteiger partial charge in [0.05, 0.1) is 19.3 Å². The maximum absolute atomic E-state index is 10.4. The summed E-state index contributed by atoms with van der Waals surface area (Å²) in [6, 6.07) is 0.220. The lowest BCUT2D eigenvalue weighted by Gasteiger charge is -2.44. The molecule has 1 spiro atoms. The molecule has 0 aromatic rings. The fourth-order valence-electron chi connectivity index (χ4n) is 4.18. The van der Waals surface area contributed by atoms with Crippen molar-refractivity contribution >= 4 is 0 Å². The molecule has 2 saturated heterocycles. The molecule has 3 fully saturated rings. The molecule has 0 radical (unpaired) electrons. The molecular weight excluding hydrogens is 254 g/mol. The Labute approximate surface area is 122 Å². The Morgan fingerprint density at radius 1 is 1.15 bits per heavy atom. The van der Waals surface area contributed by atoms with Crippen LogP contribution in [-0.4, -0.2) is 54.2 Å². The van der Waals surface area contributed by atoms with E-state index in [1.54, 1.807) is 0 Å². The third kappa shape index (κ3) is 3.03. The topological polar surface area (TPSA) is 41.9 Å². The molecule has 116 valence electrons. The van der Waals surface area contributed by atoms with E-state index < -0.39 is 0 Å². The minimum absolute atomic E-state index is 0.216. The summed E-state index contributed by atoms with van der Waals surface area (Å²) in [5, 5.41) is 10.4. The lowest BCUT2D eigenvalue weighted by atomic mass is 9.86. The van der Waals surface area contributed by atoms with E-state index in [1.807, 2.05) is 0 Å². The smallest absolute Gasteiger partial charge is 0.170 e. The van der Waals surface area contributed by atoms with Gasteiger partial charge in [0, 0.05) is 18.9 Å². The molecule has 1 aliphatic carbocycles. The predicted octanol–water partition coefficient (Wildman–Crippen LogP) is 2.16. The summed E-state index contributed by atoms with van der Waals surface area (Å²) in [7, 11) is 0. The molecule has 4 heteroatoms. The van der Waals surface area contributed by atoms with Crippen molar-refractivity contribution in [3.63, 3.8) is 0 Å². The molecule has 2 heterocycles. The third-order valence-corrected chi connectivity index (χ3v) is 5.53. The summed E-state index contributed by atoms with van der Waals surface area (Å²) in [5.74, 6) is 0.481. The molecule has 20 heavy (non-hydrogen) atoms. The molecule has 0 amide bonds. The summed E-state index contributed by atoms with van der Waals surface area (Å²) < 4.78 is 11.7. The van der Waals surface area contributed by atoms with Gasteiger partial charge in [-0.15, -0.1) is 0 Å². The number of rotatable bonds is 2. The van der Waals surface area contributed by atoms with Crippen LogP contribution in [0.2, 0.25) is 0 Å². The Morgan fingerprint density at radius 3 is 2.70 bits per heavy atom. The fraction of sp³-hybridized carbons (Fsp3) is 1.00. The van der Waals surface area contributed by atoms with E-state index in [2.05, 4.69) is 11.8 Å². The van der Waals surface area contributed by atoms with Crippen molar-refractivity contribution in [2.24, 2.45) is 5.92 Å². The maximum atomic E-state index is 10.4. The van der Waals surface area contributed by atoms with Gasteiger partial charge in [-0.2, -0.15) is 0 Å². The fourth-order valence-corrected chi connectivity index (χ4v) is 4.18. The minimum Gasteiger partial charge on any atom is -0.391 e. The summed E-state index contributed by atoms with van der Waals surface area (Å²) in [6.07, 6.45) is 7.43. The average Bonchev–Trinajstić information content (AvgIpc) is 2.78. The first-order valence-electron chi connectivity index (χ1n) is 8.42. The Morgan fingerprint density at radius 2 is 1.95 bits per heavy atom. The zero-order chi connectivity index (χ0) is 14.0. The Kier molecular flexibility index (Phi) is 4.65. The van der Waals surface area contributed by atoms with Crippen LogP contribution in [0, 0.1) is 5.92 Å². The molecule has 4 nitrogen and oxygen atoms in total. The first kappa shape index (κ1) is 14.8. The van der Waals surface area contributed by atoms with Gasteiger partial charge in [0.25, 0.3) is 0 Å². The summed E-state index contributed by atoms with van der Waals surface area (Å²) >= 11 is 0. The molecule has 0 aromatic carbocycles. The van der Waals surface area contributed by atoms with Crippen LogP contribution in [0.25, 0.3) is 0 Å². The van der Waals surface area contributed by atoms with E-state index in [0.29, 0.717) is 13.2 Å². The van der Waals surface area contributed by atoms with Crippen LogP contribution in [0.1, 0.15) is 51.9 Å². The van der Waals surface area contributed by atoms with Gasteiger partial charge in [0.15, 0.2) is 5.79 Å². The van der Waals surface area contributed by atoms with Crippen molar-refractivity contribution in [3.8, 4) is 0 Å². The Hall–Kier alpha value is -0.160. The molecule has 3 aliphatic rings. The predicted molar refractivity (Wildman–Crippen MR) is 77.5 cm³/mol. The van der Waals surface area contributed by atoms with E-state index in [0.717, 1.165) is 38.3 Å². The van der Waals surface area contributed by atoms with Crippen LogP contribution in [0.15, 0.2) is 0 Å². The van der Waals surface area contributed by atoms with E-state index in [-0.39, 0.29) is 17.9 Å². The van der Waals surface area contributed by atoms with E-state index in [9.17, 15) is 5.11 Å². The zero-order valence-corrected chi connectivity index (χ0v) is 12.7. The average molecular weight is 283 g/mol. The highest BCUT2D eigenvalue weighted by atomic mass is 16.7. The first-order valence-corrected chi connectivity index (χ1v) is 8.42. The van der Waals surface area contributed by atoms with Crippen LogP contribution in [0.3, 0.4) is 0 Å². The number of aliphatic hydroxyl groups excluding tert-OH is 1. The quantitative estimate of drug-likeness (QED) is 0.843. The minimum atomic E-state index is -0.389. The third-order valence-electron chi connectivity index (χ3n) is 5.53. The van der Waals surface area contributed by atoms with E-state index in [4.69, 9.17) is 9.47 Å². The second-order valence-electron chi connectivity index (χ2n) is 6.73. The van der Waals surface area contributed by atoms with Crippen molar-refractivity contribution in [3.05, 3.63) is 0 Å². The number of hydrogen-bond donors (Lipinski definition) is 1. The monoisotopic (exact) mass is 283 g/mol. The van der Waals surface area contributed by atoms with Crippen LogP contribution in [0.5, 0.6) is 0 Å². The lowest BCUT2D eigenvalue weighted by Crippen LogP contribution is -2.53. The summed E-state index contributed by atoms with van der Waals surface area (Å²) in [6.45, 7) is 5.96. The van der Waals surface area contributed by atoms with Gasteiger partial charge in [-0.3, -0.25) is 4.90 Å². The first-order chi connectivity index (χ1) is 9.72. The van der Waals surface area contributed by atoms with Crippen molar-refractivity contribution < 1.29 is 14.6 Å². The number of likely N-dealkylation sites (tertiary alicyclic amines) is 1. The van der Waals surface area contributed by atoms with Gasteiger partial charge in [-0.1, -0.05) is 13.3 Å². The van der Waals surface area contributed by atoms with Gasteiger partial charge in [0.1, 0.15) is 0 Å². The van der Waals surface area contributed by atoms with Crippen LogP contribution < -0.4 is 0 Å². The number of ether oxygens (including phenoxy) is 2. The molecule has 2 aliphatic heterocycles. The second kappa shape index (κ2) is 6.30. The highest BCUT2D eigenvalue weighted by molar-refractivity contribution is 4.93. The van der Waals surface area contributed by atoms with Gasteiger partial charge in [0.2, 0.25) is 0 Å². The van der Waals surface area contributed by atoms with Gasteiger partial charge in [-0.05, 0) is 44.7 Å². The molecule has 3 unspecified atom stereocenters. The van der Waals surface area contributed by atoms with Crippen molar-refractivity contribution in [2.45, 2.75) is 69.8 Å². The largest absolute Gasteiger partial charge is 0.391 e. The van der Waals surface area contributed by atoms with Gasteiger partial charge in [-0.25, -0.2) is 0 Å². The zero-order valence-electron chi connectivity index (χ0n) is 12.7. The van der Waals surface area contributed by atoms with Crippen LogP contribution in [-0.2, 0) is 9.47 Å². The van der Waals surface area contributed by atoms with Crippen molar-refractivity contribution in [2.75, 3.05) is 26.3 Å². The molecule has 3 rings (SSSR count). The van der Waals surface area contributed by atoms with E-state index >= 15 is 0 Å². The molecular formula is C16H29NO3. The van der Waals surface area contributed by atoms with E-state index in [1.165, 1.54) is 25.7 Å². The normalized spacial score (nSPS) is 39.0. The number of aliphatic hydroxyl groups is 1. The molecule has 0 bridgehead atoms. The Balaban J connectivity index is 1.64. The maximum Gasteiger partial charge on any atom is 0.170 e. The summed E-state index contributed by atoms with van der Waals surface area (Å²) in [5.41, 5.74) is 0. The Bertz CT molecular complexity index is 317. The standard InChI is InChI=1S/C16H29NO3/c1-2-13-4-3-8-17(9-6-13)14-12-16(7-5-15(14)18)19-10-11-20-16/h13-15,18H,2-12H2,1H3. The van der Waals surface area contributed by atoms with Crippen molar-refractivity contribution in [1.82, 2.24) is 4.90 Å². The van der Waals surface area contributed by atoms with Crippen LogP contribution in [0.4, 0.5) is 0 Å². The molecule has 1 N–H and O–H groups in total. The number of nitrogens with zero attached hydrogens (tertiary/aromatic N) is 1. The van der Waals surface area contributed by atoms with Crippen molar-refractivity contribution in [1.29, 1.82) is 0 Å². The van der Waals surface area contributed by atoms with Crippen LogP contribution >= 0.6 is 0 Å². The van der Waals surface area contributed by atoms with Gasteiger partial charge < -0.3 is 14.6 Å². The summed E-state index contributed by atoms with van der Waals surface area (Å²) in [4.78, 5) is 2.51. The molecule has 1 saturated carbocycles. The highest BCUT2D eigenvalue weighted by Crippen LogP contribution is 2.38. The molecule has 3 atom stereocenters. The lowest BCUT2D eigenvalue weighted by molar-refractivity contribution is -0.205. The second-order valence-corrected chi connectivity index (χ2v) is 6.73. The SMILES string of the molecule is CCC1CCCN(C2CC3(CCC2O)OCCO3)CC1. The molecule has 0 aromatic heterocycles. The highest BCUT2D eigenvalue weighted by Gasteiger charge is 2.46.